The van der Waals surface area contributed by atoms with Crippen LogP contribution in [-0.2, 0) is 4.57 Å². The third-order valence-electron chi connectivity index (χ3n) is 0. The highest BCUT2D eigenvalue weighted by molar-refractivity contribution is 8.20. The summed E-state index contributed by atoms with van der Waals surface area (Å²) < 4.78 is 8.88. The molecule has 0 saturated heterocycles. The maximum atomic E-state index is 8.88. The zero-order chi connectivity index (χ0) is 8.08. The molecule has 0 aromatic carbocycles. The predicted molar refractivity (Wildman–Crippen MR) is 38.7 cm³/mol. The van der Waals surface area contributed by atoms with Crippen molar-refractivity contribution in [1.82, 2.24) is 0 Å². The Hall–Kier alpha value is 1.41. The van der Waals surface area contributed by atoms with E-state index >= 15 is 0 Å². The Kier molecular flexibility index (Phi) is 8.89. The van der Waals surface area contributed by atoms with Gasteiger partial charge in [-0.3, -0.25) is 0 Å². The van der Waals surface area contributed by atoms with E-state index in [-0.39, 0.29) is 0 Å². The molecule has 0 bridgehead atoms. The number of hydrogen-bond donors (Lipinski definition) is 3. The average Bonchev–Trinajstić information content (AvgIpc) is 1.19. The monoisotopic (exact) mass is 234 g/mol. The van der Waals surface area contributed by atoms with Crippen LogP contribution in [-0.4, -0.2) is 14.7 Å². The van der Waals surface area contributed by atoms with Crippen molar-refractivity contribution in [2.45, 2.75) is 0 Å². The minimum Gasteiger partial charge on any atom is -0.303 e. The third kappa shape index (κ3) is 260. The molecule has 0 rings (SSSR count). The van der Waals surface area contributed by atoms with E-state index in [1.165, 1.54) is 0 Å². The highest BCUT2D eigenvalue weighted by Crippen LogP contribution is 2.51. The molecule has 0 aliphatic heterocycles. The minimum atomic E-state index is -4.64. The first-order valence-corrected chi connectivity index (χ1v) is 6.91. The van der Waals surface area contributed by atoms with E-state index in [0.717, 1.165) is 0 Å². The van der Waals surface area contributed by atoms with E-state index in [2.05, 4.69) is 0 Å². The number of rotatable bonds is 0. The summed E-state index contributed by atoms with van der Waals surface area (Å²) in [4.78, 5) is 21.6. The summed E-state index contributed by atoms with van der Waals surface area (Å²) in [7, 11) is -4.64. The molecule has 0 unspecified atom stereocenters. The van der Waals surface area contributed by atoms with Crippen LogP contribution in [0.3, 0.4) is 0 Å². The van der Waals surface area contributed by atoms with E-state index in [9.17, 15) is 0 Å². The van der Waals surface area contributed by atoms with Crippen molar-refractivity contribution in [2.24, 2.45) is 0 Å². The largest absolute Gasteiger partial charge is 0.466 e. The minimum absolute atomic E-state index is 1.20. The Morgan fingerprint density at radius 1 is 1.11 bits per heavy atom. The molecular weight excluding hydrogens is 232 g/mol. The molecule has 0 amide bonds. The van der Waals surface area contributed by atoms with Gasteiger partial charge in [0, 0.05) is 0 Å². The van der Waals surface area contributed by atoms with Gasteiger partial charge in [0.15, 0.2) is 5.98 Å². The molecule has 4 nitrogen and oxygen atoms in total. The fourth-order valence-electron chi connectivity index (χ4n) is 0. The van der Waals surface area contributed by atoms with E-state index in [1.54, 1.807) is 0 Å². The van der Waals surface area contributed by atoms with Crippen LogP contribution in [0.1, 0.15) is 0 Å². The lowest BCUT2D eigenvalue weighted by Crippen LogP contribution is -1.66. The first-order valence-electron chi connectivity index (χ1n) is 1.29. The molecule has 3 N–H and O–H groups in total. The Morgan fingerprint density at radius 2 is 1.11 bits per heavy atom. The fourth-order valence-corrected chi connectivity index (χ4v) is 0. The molecule has 0 spiro atoms. The first-order chi connectivity index (χ1) is 3.73. The molecule has 0 aliphatic carbocycles. The van der Waals surface area contributed by atoms with E-state index in [4.69, 9.17) is 53.0 Å². The molecular formula is H3Cl3O4P2. The summed E-state index contributed by atoms with van der Waals surface area (Å²) in [5.41, 5.74) is 0. The van der Waals surface area contributed by atoms with Gasteiger partial charge < -0.3 is 14.7 Å². The maximum absolute atomic E-state index is 8.88. The molecule has 9 heteroatoms. The molecule has 0 heterocycles. The van der Waals surface area contributed by atoms with Crippen LogP contribution in [0.2, 0.25) is 0 Å². The smallest absolute Gasteiger partial charge is 0.303 e. The molecule has 0 radical (unpaired) electrons. The fraction of sp³-hybridized carbons (Fsp3) is 0. The molecule has 9 heavy (non-hydrogen) atoms. The number of halogens is 3. The van der Waals surface area contributed by atoms with Gasteiger partial charge in [0.25, 0.3) is 0 Å². The second-order valence-corrected chi connectivity index (χ2v) is 6.71. The lowest BCUT2D eigenvalue weighted by Gasteiger charge is -1.82. The van der Waals surface area contributed by atoms with Gasteiger partial charge in [-0.2, -0.15) is 0 Å². The Labute approximate surface area is 67.1 Å². The normalized spacial score (nSPS) is 10.6. The Bertz CT molecular complexity index is 85.0. The topological polar surface area (TPSA) is 77.8 Å². The van der Waals surface area contributed by atoms with Crippen LogP contribution >= 0.6 is 47.5 Å². The lowest BCUT2D eigenvalue weighted by atomic mass is 15.8. The van der Waals surface area contributed by atoms with E-state index in [1.807, 2.05) is 0 Å². The summed E-state index contributed by atoms with van der Waals surface area (Å²) in [6, 6.07) is 0. The van der Waals surface area contributed by atoms with E-state index < -0.39 is 13.8 Å². The van der Waals surface area contributed by atoms with Crippen molar-refractivity contribution in [2.75, 3.05) is 0 Å². The predicted octanol–water partition coefficient (Wildman–Crippen LogP) is 2.00. The summed E-state index contributed by atoms with van der Waals surface area (Å²) >= 11 is 14.6. The van der Waals surface area contributed by atoms with Gasteiger partial charge in [0.05, 0.1) is 0 Å². The summed E-state index contributed by atoms with van der Waals surface area (Å²) in [5.74, 6) is -1.20. The van der Waals surface area contributed by atoms with Crippen molar-refractivity contribution < 1.29 is 19.2 Å². The van der Waals surface area contributed by atoms with Gasteiger partial charge in [0.1, 0.15) is 0 Å². The second kappa shape index (κ2) is 6.14. The Morgan fingerprint density at radius 3 is 1.11 bits per heavy atom. The molecule has 0 aromatic heterocycles. The van der Waals surface area contributed by atoms with Crippen molar-refractivity contribution in [3.63, 3.8) is 0 Å². The molecule has 0 saturated carbocycles. The zero-order valence-corrected chi connectivity index (χ0v) is 7.83. The van der Waals surface area contributed by atoms with Crippen LogP contribution in [0.5, 0.6) is 0 Å². The quantitative estimate of drug-likeness (QED) is 0.561. The van der Waals surface area contributed by atoms with Crippen molar-refractivity contribution in [3.8, 4) is 0 Å². The maximum Gasteiger partial charge on any atom is 0.466 e. The molecule has 0 aliphatic rings. The van der Waals surface area contributed by atoms with Crippen LogP contribution in [0.4, 0.5) is 0 Å². The lowest BCUT2D eigenvalue weighted by molar-refractivity contribution is 0.275. The summed E-state index contributed by atoms with van der Waals surface area (Å²) in [6.07, 6.45) is 0. The van der Waals surface area contributed by atoms with Gasteiger partial charge in [0.2, 0.25) is 0 Å². The zero-order valence-electron chi connectivity index (χ0n) is 3.78. The van der Waals surface area contributed by atoms with Gasteiger partial charge in [-0.15, -0.1) is 0 Å². The van der Waals surface area contributed by atoms with Crippen LogP contribution in [0, 0.1) is 0 Å². The van der Waals surface area contributed by atoms with Crippen LogP contribution in [0.25, 0.3) is 0 Å². The average molecular weight is 235 g/mol. The van der Waals surface area contributed by atoms with E-state index in [0.29, 0.717) is 0 Å². The third-order valence-corrected chi connectivity index (χ3v) is 0. The van der Waals surface area contributed by atoms with Crippen LogP contribution < -0.4 is 0 Å². The van der Waals surface area contributed by atoms with Gasteiger partial charge in [-0.25, -0.2) is 4.57 Å². The second-order valence-electron chi connectivity index (χ2n) is 0.705. The molecule has 0 fully saturated rings. The van der Waals surface area contributed by atoms with Crippen molar-refractivity contribution in [3.05, 3.63) is 0 Å². The van der Waals surface area contributed by atoms with Gasteiger partial charge in [-0.05, 0) is 0 Å². The standard InChI is InChI=1S/Cl3P.H3O4P/c1-4(2)3;1-5(2,3)4/h;(H3,1,2,3,4). The highest BCUT2D eigenvalue weighted by atomic mass is 36.0. The number of hydrogen-bond acceptors (Lipinski definition) is 1. The van der Waals surface area contributed by atoms with Gasteiger partial charge >= 0.3 is 7.82 Å². The molecule has 0 atom stereocenters. The van der Waals surface area contributed by atoms with Crippen LogP contribution in [0.15, 0.2) is 0 Å². The summed E-state index contributed by atoms with van der Waals surface area (Å²) in [5, 5.41) is 0. The van der Waals surface area contributed by atoms with Gasteiger partial charge in [-0.1, -0.05) is 33.7 Å². The first kappa shape index (κ1) is 13.0. The highest BCUT2D eigenvalue weighted by Gasteiger charge is 2.00. The Balaban J connectivity index is 0. The molecule has 0 aromatic rings. The van der Waals surface area contributed by atoms with Crippen molar-refractivity contribution >= 4 is 47.5 Å². The SMILES string of the molecule is ClP(Cl)Cl.O=P(O)(O)O. The summed E-state index contributed by atoms with van der Waals surface area (Å²) in [6.45, 7) is 0. The van der Waals surface area contributed by atoms with Crippen molar-refractivity contribution in [1.29, 1.82) is 0 Å². The number of phosphoric acid groups is 1. The molecule has 58 valence electrons.